The summed E-state index contributed by atoms with van der Waals surface area (Å²) in [6, 6.07) is 0. The normalized spacial score (nSPS) is 12.8. The van der Waals surface area contributed by atoms with Crippen molar-refractivity contribution in [2.75, 3.05) is 12.4 Å². The lowest BCUT2D eigenvalue weighted by molar-refractivity contribution is 0.303. The molecule has 0 saturated heterocycles. The van der Waals surface area contributed by atoms with E-state index in [4.69, 9.17) is 9.92 Å². The van der Waals surface area contributed by atoms with Crippen LogP contribution >= 0.6 is 0 Å². The third-order valence-corrected chi connectivity index (χ3v) is 4.49. The van der Waals surface area contributed by atoms with Crippen LogP contribution in [0.2, 0.25) is 0 Å². The fraction of sp³-hybridized carbons (Fsp3) is 1.00. The van der Waals surface area contributed by atoms with Crippen molar-refractivity contribution in [1.29, 1.82) is 0 Å². The second-order valence-electron chi connectivity index (χ2n) is 6.30. The summed E-state index contributed by atoms with van der Waals surface area (Å²) in [5.74, 6) is 0.00746. The maximum absolute atomic E-state index is 11.6. The molecule has 0 aromatic heterocycles. The molecule has 5 heteroatoms. The van der Waals surface area contributed by atoms with Gasteiger partial charge in [-0.1, -0.05) is 51.9 Å². The van der Waals surface area contributed by atoms with Crippen molar-refractivity contribution in [2.45, 2.75) is 84.1 Å². The highest BCUT2D eigenvalue weighted by molar-refractivity contribution is 7.86. The third kappa shape index (κ3) is 14.3. The maximum atomic E-state index is 11.6. The van der Waals surface area contributed by atoms with E-state index in [1.54, 1.807) is 0 Å². The standard InChI is InChI=1S/C15H33NO3S/c1-4-5-6-7-8-9-10-11-13-19-20(17,18)14-12-15(2,3)16/h4-14,16H2,1-3H3. The van der Waals surface area contributed by atoms with E-state index in [0.717, 1.165) is 12.8 Å². The summed E-state index contributed by atoms with van der Waals surface area (Å²) >= 11 is 0. The van der Waals surface area contributed by atoms with Crippen LogP contribution in [-0.4, -0.2) is 26.3 Å². The molecule has 0 aromatic rings. The summed E-state index contributed by atoms with van der Waals surface area (Å²) in [5, 5.41) is 0. The largest absolute Gasteiger partial charge is 0.326 e. The Morgan fingerprint density at radius 2 is 1.45 bits per heavy atom. The smallest absolute Gasteiger partial charge is 0.267 e. The summed E-state index contributed by atoms with van der Waals surface area (Å²) in [6.45, 7) is 6.16. The minimum atomic E-state index is -3.40. The predicted molar refractivity (Wildman–Crippen MR) is 85.2 cm³/mol. The molecule has 0 saturated carbocycles. The Kier molecular flexibility index (Phi) is 10.5. The molecular weight excluding hydrogens is 274 g/mol. The zero-order valence-electron chi connectivity index (χ0n) is 13.5. The number of nitrogens with two attached hydrogens (primary N) is 1. The number of rotatable bonds is 13. The second kappa shape index (κ2) is 10.6. The van der Waals surface area contributed by atoms with Crippen LogP contribution in [0.1, 0.15) is 78.6 Å². The molecule has 0 aliphatic carbocycles. The minimum Gasteiger partial charge on any atom is -0.326 e. The van der Waals surface area contributed by atoms with Crippen molar-refractivity contribution in [3.63, 3.8) is 0 Å². The van der Waals surface area contributed by atoms with Gasteiger partial charge in [-0.15, -0.1) is 0 Å². The molecule has 0 radical (unpaired) electrons. The van der Waals surface area contributed by atoms with Crippen molar-refractivity contribution < 1.29 is 12.6 Å². The second-order valence-corrected chi connectivity index (χ2v) is 8.06. The van der Waals surface area contributed by atoms with Gasteiger partial charge in [-0.05, 0) is 26.7 Å². The summed E-state index contributed by atoms with van der Waals surface area (Å²) in [4.78, 5) is 0. The van der Waals surface area contributed by atoms with Gasteiger partial charge in [-0.3, -0.25) is 4.18 Å². The van der Waals surface area contributed by atoms with E-state index in [0.29, 0.717) is 13.0 Å². The van der Waals surface area contributed by atoms with Crippen LogP contribution in [0, 0.1) is 0 Å². The Morgan fingerprint density at radius 3 is 1.95 bits per heavy atom. The summed E-state index contributed by atoms with van der Waals surface area (Å²) in [5.41, 5.74) is 5.30. The van der Waals surface area contributed by atoms with E-state index in [1.807, 2.05) is 13.8 Å². The molecule has 0 bridgehead atoms. The molecule has 0 rings (SSSR count). The maximum Gasteiger partial charge on any atom is 0.267 e. The molecule has 0 fully saturated rings. The van der Waals surface area contributed by atoms with Gasteiger partial charge in [0.15, 0.2) is 0 Å². The molecule has 4 nitrogen and oxygen atoms in total. The highest BCUT2D eigenvalue weighted by atomic mass is 32.2. The molecule has 0 unspecified atom stereocenters. The Bertz CT molecular complexity index is 321. The molecule has 0 spiro atoms. The van der Waals surface area contributed by atoms with Gasteiger partial charge in [0, 0.05) is 5.54 Å². The third-order valence-electron chi connectivity index (χ3n) is 3.26. The molecule has 0 aromatic carbocycles. The first-order valence-electron chi connectivity index (χ1n) is 7.93. The SMILES string of the molecule is CCCCCCCCCCOS(=O)(=O)CCC(C)(C)N. The van der Waals surface area contributed by atoms with E-state index in [1.165, 1.54) is 38.5 Å². The Morgan fingerprint density at radius 1 is 0.950 bits per heavy atom. The predicted octanol–water partition coefficient (Wildman–Crippen LogP) is 3.60. The van der Waals surface area contributed by atoms with Gasteiger partial charge < -0.3 is 5.73 Å². The van der Waals surface area contributed by atoms with Crippen molar-refractivity contribution in [3.8, 4) is 0 Å². The highest BCUT2D eigenvalue weighted by Gasteiger charge is 2.17. The average molecular weight is 308 g/mol. The fourth-order valence-corrected chi connectivity index (χ4v) is 3.13. The molecule has 0 amide bonds. The quantitative estimate of drug-likeness (QED) is 0.417. The van der Waals surface area contributed by atoms with Gasteiger partial charge in [0.1, 0.15) is 0 Å². The minimum absolute atomic E-state index is 0.00746. The number of unbranched alkanes of at least 4 members (excludes halogenated alkanes) is 7. The molecule has 0 atom stereocenters. The molecule has 0 heterocycles. The molecule has 0 aliphatic rings. The topological polar surface area (TPSA) is 69.4 Å². The van der Waals surface area contributed by atoms with E-state index in [9.17, 15) is 8.42 Å². The molecular formula is C15H33NO3S. The molecule has 122 valence electrons. The molecule has 0 aliphatic heterocycles. The van der Waals surface area contributed by atoms with E-state index < -0.39 is 15.7 Å². The lowest BCUT2D eigenvalue weighted by Crippen LogP contribution is -2.34. The monoisotopic (exact) mass is 307 g/mol. The summed E-state index contributed by atoms with van der Waals surface area (Å²) < 4.78 is 28.2. The van der Waals surface area contributed by atoms with E-state index >= 15 is 0 Å². The molecule has 20 heavy (non-hydrogen) atoms. The van der Waals surface area contributed by atoms with Crippen LogP contribution in [-0.2, 0) is 14.3 Å². The van der Waals surface area contributed by atoms with Gasteiger partial charge in [0.2, 0.25) is 0 Å². The average Bonchev–Trinajstić information content (AvgIpc) is 2.34. The van der Waals surface area contributed by atoms with Gasteiger partial charge in [-0.25, -0.2) is 0 Å². The summed E-state index contributed by atoms with van der Waals surface area (Å²) in [6.07, 6.45) is 9.89. The Labute approximate surface area is 125 Å². The van der Waals surface area contributed by atoms with Crippen LogP contribution in [0.15, 0.2) is 0 Å². The number of hydrogen-bond acceptors (Lipinski definition) is 4. The Balaban J connectivity index is 3.49. The lowest BCUT2D eigenvalue weighted by Gasteiger charge is -2.17. The van der Waals surface area contributed by atoms with Crippen LogP contribution in [0.4, 0.5) is 0 Å². The Hall–Kier alpha value is -0.130. The van der Waals surface area contributed by atoms with Crippen molar-refractivity contribution in [1.82, 2.24) is 0 Å². The van der Waals surface area contributed by atoms with Gasteiger partial charge >= 0.3 is 0 Å². The fourth-order valence-electron chi connectivity index (χ4n) is 1.87. The number of hydrogen-bond donors (Lipinski definition) is 1. The van der Waals surface area contributed by atoms with Crippen molar-refractivity contribution >= 4 is 10.1 Å². The first-order chi connectivity index (χ1) is 9.27. The lowest BCUT2D eigenvalue weighted by atomic mass is 10.0. The van der Waals surface area contributed by atoms with Crippen molar-refractivity contribution in [3.05, 3.63) is 0 Å². The van der Waals surface area contributed by atoms with Crippen LogP contribution < -0.4 is 5.73 Å². The zero-order chi connectivity index (χ0) is 15.5. The van der Waals surface area contributed by atoms with Crippen LogP contribution in [0.3, 0.4) is 0 Å². The summed E-state index contributed by atoms with van der Waals surface area (Å²) in [7, 11) is -3.40. The van der Waals surface area contributed by atoms with Gasteiger partial charge in [-0.2, -0.15) is 8.42 Å². The van der Waals surface area contributed by atoms with Gasteiger partial charge in [0.25, 0.3) is 10.1 Å². The van der Waals surface area contributed by atoms with Gasteiger partial charge in [0.05, 0.1) is 12.4 Å². The van der Waals surface area contributed by atoms with Crippen LogP contribution in [0.5, 0.6) is 0 Å². The highest BCUT2D eigenvalue weighted by Crippen LogP contribution is 2.10. The zero-order valence-corrected chi connectivity index (χ0v) is 14.3. The first-order valence-corrected chi connectivity index (χ1v) is 9.50. The van der Waals surface area contributed by atoms with Crippen molar-refractivity contribution in [2.24, 2.45) is 5.73 Å². The first kappa shape index (κ1) is 19.9. The van der Waals surface area contributed by atoms with E-state index in [2.05, 4.69) is 6.92 Å². The van der Waals surface area contributed by atoms with Crippen LogP contribution in [0.25, 0.3) is 0 Å². The molecule has 2 N–H and O–H groups in total. The van der Waals surface area contributed by atoms with E-state index in [-0.39, 0.29) is 5.75 Å².